The number of hydrogen-bond acceptors (Lipinski definition) is 5. The molecule has 3 heterocycles. The monoisotopic (exact) mass is 371 g/mol. The van der Waals surface area contributed by atoms with E-state index in [0.29, 0.717) is 22.4 Å². The zero-order chi connectivity index (χ0) is 18.1. The molecule has 0 atom stereocenters. The Morgan fingerprint density at radius 3 is 2.65 bits per heavy atom. The van der Waals surface area contributed by atoms with Crippen LogP contribution < -0.4 is 0 Å². The Morgan fingerprint density at radius 1 is 1.23 bits per heavy atom. The van der Waals surface area contributed by atoms with Gasteiger partial charge in [-0.3, -0.25) is 9.89 Å². The van der Waals surface area contributed by atoms with Crippen LogP contribution in [0.2, 0.25) is 5.02 Å². The second-order valence-corrected chi connectivity index (χ2v) is 6.77. The summed E-state index contributed by atoms with van der Waals surface area (Å²) in [5.41, 5.74) is 1.52. The van der Waals surface area contributed by atoms with Gasteiger partial charge in [-0.1, -0.05) is 16.8 Å². The van der Waals surface area contributed by atoms with Crippen LogP contribution >= 0.6 is 11.6 Å². The first-order chi connectivity index (χ1) is 12.6. The molecule has 0 unspecified atom stereocenters. The largest absolute Gasteiger partial charge is 0.343 e. The van der Waals surface area contributed by atoms with Gasteiger partial charge in [-0.25, -0.2) is 9.67 Å². The van der Waals surface area contributed by atoms with E-state index in [9.17, 15) is 4.79 Å². The average molecular weight is 372 g/mol. The molecule has 1 amide bonds. The number of likely N-dealkylation sites (tertiary alicyclic amines) is 1. The van der Waals surface area contributed by atoms with Gasteiger partial charge in [0, 0.05) is 30.6 Å². The molecule has 0 bridgehead atoms. The van der Waals surface area contributed by atoms with Crippen molar-refractivity contribution in [2.24, 2.45) is 0 Å². The third kappa shape index (κ3) is 3.32. The molecule has 1 aliphatic rings. The smallest absolute Gasteiger partial charge is 0.219 e. The SMILES string of the molecule is CC(=O)N1CCC(n2cc(-c3nc(-c4ccc(Cl)cc4)n[nH]3)nn2)CC1. The van der Waals surface area contributed by atoms with Gasteiger partial charge < -0.3 is 4.90 Å². The van der Waals surface area contributed by atoms with Gasteiger partial charge in [0.25, 0.3) is 0 Å². The molecule has 2 aromatic heterocycles. The van der Waals surface area contributed by atoms with Crippen molar-refractivity contribution in [3.63, 3.8) is 0 Å². The van der Waals surface area contributed by atoms with E-state index in [1.807, 2.05) is 27.9 Å². The fourth-order valence-electron chi connectivity index (χ4n) is 3.11. The highest BCUT2D eigenvalue weighted by Crippen LogP contribution is 2.24. The number of amides is 1. The second kappa shape index (κ2) is 6.87. The van der Waals surface area contributed by atoms with Crippen LogP contribution in [-0.4, -0.2) is 54.1 Å². The molecule has 0 saturated carbocycles. The Labute approximate surface area is 155 Å². The van der Waals surface area contributed by atoms with E-state index < -0.39 is 0 Å². The van der Waals surface area contributed by atoms with Gasteiger partial charge in [0.05, 0.1) is 12.2 Å². The molecule has 134 valence electrons. The van der Waals surface area contributed by atoms with Crippen LogP contribution in [0.5, 0.6) is 0 Å². The fraction of sp³-hybridized carbons (Fsp3) is 0.353. The number of nitrogens with zero attached hydrogens (tertiary/aromatic N) is 6. The lowest BCUT2D eigenvalue weighted by atomic mass is 10.1. The average Bonchev–Trinajstić information content (AvgIpc) is 3.32. The first kappa shape index (κ1) is 16.7. The van der Waals surface area contributed by atoms with E-state index >= 15 is 0 Å². The summed E-state index contributed by atoms with van der Waals surface area (Å²) < 4.78 is 1.86. The number of rotatable bonds is 3. The third-order valence-corrected chi connectivity index (χ3v) is 4.88. The van der Waals surface area contributed by atoms with Gasteiger partial charge >= 0.3 is 0 Å². The summed E-state index contributed by atoms with van der Waals surface area (Å²) in [6, 6.07) is 7.59. The number of aromatic nitrogens is 6. The summed E-state index contributed by atoms with van der Waals surface area (Å²) in [6.45, 7) is 3.10. The summed E-state index contributed by atoms with van der Waals surface area (Å²) in [6.07, 6.45) is 3.61. The minimum absolute atomic E-state index is 0.124. The van der Waals surface area contributed by atoms with E-state index in [1.54, 1.807) is 19.1 Å². The molecule has 1 fully saturated rings. The van der Waals surface area contributed by atoms with Crippen molar-refractivity contribution in [3.05, 3.63) is 35.5 Å². The lowest BCUT2D eigenvalue weighted by Crippen LogP contribution is -2.37. The van der Waals surface area contributed by atoms with Crippen molar-refractivity contribution in [1.29, 1.82) is 0 Å². The molecule has 0 aliphatic carbocycles. The molecule has 3 aromatic rings. The highest BCUT2D eigenvalue weighted by molar-refractivity contribution is 6.30. The van der Waals surface area contributed by atoms with E-state index in [-0.39, 0.29) is 11.9 Å². The summed E-state index contributed by atoms with van der Waals surface area (Å²) in [4.78, 5) is 17.8. The molecule has 8 nitrogen and oxygen atoms in total. The van der Waals surface area contributed by atoms with E-state index in [4.69, 9.17) is 11.6 Å². The van der Waals surface area contributed by atoms with Crippen molar-refractivity contribution in [2.45, 2.75) is 25.8 Å². The minimum atomic E-state index is 0.124. The normalized spacial score (nSPS) is 15.4. The van der Waals surface area contributed by atoms with Gasteiger partial charge in [0.15, 0.2) is 11.6 Å². The molecule has 0 radical (unpaired) electrons. The Kier molecular flexibility index (Phi) is 4.42. The predicted molar refractivity (Wildman–Crippen MR) is 96.4 cm³/mol. The van der Waals surface area contributed by atoms with Crippen molar-refractivity contribution in [3.8, 4) is 22.9 Å². The van der Waals surface area contributed by atoms with Crippen LogP contribution in [0.25, 0.3) is 22.9 Å². The Balaban J connectivity index is 1.48. The molecule has 9 heteroatoms. The fourth-order valence-corrected chi connectivity index (χ4v) is 3.24. The number of halogens is 1. The molecule has 1 aliphatic heterocycles. The number of aromatic amines is 1. The van der Waals surface area contributed by atoms with Crippen LogP contribution in [0.4, 0.5) is 0 Å². The zero-order valence-electron chi connectivity index (χ0n) is 14.3. The maximum atomic E-state index is 11.4. The number of H-pyrrole nitrogens is 1. The Morgan fingerprint density at radius 2 is 1.96 bits per heavy atom. The number of benzene rings is 1. The lowest BCUT2D eigenvalue weighted by molar-refractivity contribution is -0.130. The van der Waals surface area contributed by atoms with E-state index in [2.05, 4.69) is 25.5 Å². The topological polar surface area (TPSA) is 92.6 Å². The van der Waals surface area contributed by atoms with Crippen molar-refractivity contribution in [2.75, 3.05) is 13.1 Å². The van der Waals surface area contributed by atoms with Gasteiger partial charge in [0.2, 0.25) is 5.91 Å². The van der Waals surface area contributed by atoms with Crippen LogP contribution in [0.3, 0.4) is 0 Å². The van der Waals surface area contributed by atoms with Crippen LogP contribution in [0, 0.1) is 0 Å². The number of carbonyl (C=O) groups excluding carboxylic acids is 1. The summed E-state index contributed by atoms with van der Waals surface area (Å²) in [5, 5.41) is 16.3. The van der Waals surface area contributed by atoms with Crippen LogP contribution in [-0.2, 0) is 4.79 Å². The zero-order valence-corrected chi connectivity index (χ0v) is 15.0. The van der Waals surface area contributed by atoms with Gasteiger partial charge in [-0.15, -0.1) is 5.10 Å². The highest BCUT2D eigenvalue weighted by Gasteiger charge is 2.23. The van der Waals surface area contributed by atoms with Crippen LogP contribution in [0.15, 0.2) is 30.5 Å². The van der Waals surface area contributed by atoms with Crippen LogP contribution in [0.1, 0.15) is 25.8 Å². The first-order valence-electron chi connectivity index (χ1n) is 8.46. The van der Waals surface area contributed by atoms with Gasteiger partial charge in [-0.2, -0.15) is 5.10 Å². The molecule has 26 heavy (non-hydrogen) atoms. The third-order valence-electron chi connectivity index (χ3n) is 4.62. The summed E-state index contributed by atoms with van der Waals surface area (Å²) in [7, 11) is 0. The van der Waals surface area contributed by atoms with E-state index in [1.165, 1.54) is 0 Å². The Hall–Kier alpha value is -2.74. The number of hydrogen-bond donors (Lipinski definition) is 1. The summed E-state index contributed by atoms with van der Waals surface area (Å²) in [5.74, 6) is 1.28. The lowest BCUT2D eigenvalue weighted by Gasteiger charge is -2.30. The molecule has 1 aromatic carbocycles. The van der Waals surface area contributed by atoms with E-state index in [0.717, 1.165) is 31.5 Å². The first-order valence-corrected chi connectivity index (χ1v) is 8.84. The number of carbonyl (C=O) groups is 1. The second-order valence-electron chi connectivity index (χ2n) is 6.34. The van der Waals surface area contributed by atoms with Gasteiger partial charge in [0.1, 0.15) is 5.69 Å². The molecular weight excluding hydrogens is 354 g/mol. The molecule has 4 rings (SSSR count). The van der Waals surface area contributed by atoms with Crippen molar-refractivity contribution >= 4 is 17.5 Å². The summed E-state index contributed by atoms with van der Waals surface area (Å²) >= 11 is 5.91. The molecule has 1 N–H and O–H groups in total. The maximum Gasteiger partial charge on any atom is 0.219 e. The Bertz CT molecular complexity index is 909. The highest BCUT2D eigenvalue weighted by atomic mass is 35.5. The molecular formula is C17H18ClN7O. The predicted octanol–water partition coefficient (Wildman–Crippen LogP) is 2.57. The quantitative estimate of drug-likeness (QED) is 0.763. The minimum Gasteiger partial charge on any atom is -0.343 e. The maximum absolute atomic E-state index is 11.4. The standard InChI is InChI=1S/C17H18ClN7O/c1-11(26)24-8-6-14(7-9-24)25-10-15(20-23-25)17-19-16(21-22-17)12-2-4-13(18)5-3-12/h2-5,10,14H,6-9H2,1H3,(H,19,21,22). The van der Waals surface area contributed by atoms with Gasteiger partial charge in [-0.05, 0) is 37.1 Å². The number of piperidine rings is 1. The molecule has 0 spiro atoms. The van der Waals surface area contributed by atoms with Crippen molar-refractivity contribution < 1.29 is 4.79 Å². The molecule has 1 saturated heterocycles. The van der Waals surface area contributed by atoms with Crippen molar-refractivity contribution in [1.82, 2.24) is 35.1 Å². The number of nitrogens with one attached hydrogen (secondary N) is 1.